The molecule has 0 aromatic heterocycles. The largest absolute Gasteiger partial charge is 0.416 e. The highest BCUT2D eigenvalue weighted by Crippen LogP contribution is 2.33. The third-order valence-electron chi connectivity index (χ3n) is 4.82. The molecule has 2 aromatic rings. The first-order chi connectivity index (χ1) is 12.8. The Balaban J connectivity index is 1.59. The minimum Gasteiger partial charge on any atom is -0.355 e. The van der Waals surface area contributed by atoms with E-state index in [1.807, 2.05) is 18.2 Å². The molecule has 3 nitrogen and oxygen atoms in total. The molecule has 27 heavy (non-hydrogen) atoms. The second kappa shape index (κ2) is 8.31. The standard InChI is InChI=1S/C20H20ClF3N2O/c21-16-3-1-2-13(10-16)8-9-26-19(27)18-12-25-11-17(18)14-4-6-15(7-5-14)20(22,23)24/h1-7,10,17-18,25H,8-9,11-12H2,(H,26,27)/t17-,18+/m0/s1. The van der Waals surface area contributed by atoms with Gasteiger partial charge in [-0.1, -0.05) is 35.9 Å². The molecule has 1 saturated heterocycles. The van der Waals surface area contributed by atoms with Gasteiger partial charge in [-0.15, -0.1) is 0 Å². The van der Waals surface area contributed by atoms with Crippen molar-refractivity contribution in [3.8, 4) is 0 Å². The lowest BCUT2D eigenvalue weighted by molar-refractivity contribution is -0.137. The molecule has 2 atom stereocenters. The Morgan fingerprint density at radius 3 is 2.56 bits per heavy atom. The van der Waals surface area contributed by atoms with E-state index in [4.69, 9.17) is 11.6 Å². The predicted molar refractivity (Wildman–Crippen MR) is 98.7 cm³/mol. The molecule has 0 saturated carbocycles. The number of halogens is 4. The minimum atomic E-state index is -4.36. The molecule has 1 heterocycles. The van der Waals surface area contributed by atoms with Crippen LogP contribution >= 0.6 is 11.6 Å². The first-order valence-corrected chi connectivity index (χ1v) is 9.12. The van der Waals surface area contributed by atoms with Gasteiger partial charge in [0.2, 0.25) is 5.91 Å². The van der Waals surface area contributed by atoms with Crippen LogP contribution in [0.25, 0.3) is 0 Å². The van der Waals surface area contributed by atoms with E-state index in [0.29, 0.717) is 31.1 Å². The van der Waals surface area contributed by atoms with Gasteiger partial charge < -0.3 is 10.6 Å². The summed E-state index contributed by atoms with van der Waals surface area (Å²) in [7, 11) is 0. The van der Waals surface area contributed by atoms with Crippen LogP contribution in [-0.2, 0) is 17.4 Å². The van der Waals surface area contributed by atoms with Crippen LogP contribution in [-0.4, -0.2) is 25.5 Å². The molecule has 1 amide bonds. The smallest absolute Gasteiger partial charge is 0.355 e. The maximum absolute atomic E-state index is 12.7. The second-order valence-corrected chi connectivity index (χ2v) is 7.10. The summed E-state index contributed by atoms with van der Waals surface area (Å²) in [6.07, 6.45) is -3.69. The third kappa shape index (κ3) is 5.02. The first-order valence-electron chi connectivity index (χ1n) is 8.74. The van der Waals surface area contributed by atoms with Gasteiger partial charge in [-0.25, -0.2) is 0 Å². The van der Waals surface area contributed by atoms with Crippen LogP contribution in [0.15, 0.2) is 48.5 Å². The predicted octanol–water partition coefficient (Wildman–Crippen LogP) is 4.02. The van der Waals surface area contributed by atoms with Gasteiger partial charge in [-0.2, -0.15) is 13.2 Å². The Hall–Kier alpha value is -2.05. The SMILES string of the molecule is O=C(NCCc1cccc(Cl)c1)[C@@H]1CNC[C@H]1c1ccc(C(F)(F)F)cc1. The molecular formula is C20H20ClF3N2O. The highest BCUT2D eigenvalue weighted by Gasteiger charge is 2.35. The number of amides is 1. The van der Waals surface area contributed by atoms with Crippen molar-refractivity contribution in [1.82, 2.24) is 10.6 Å². The van der Waals surface area contributed by atoms with Gasteiger partial charge in [-0.3, -0.25) is 4.79 Å². The Labute approximate surface area is 160 Å². The number of alkyl halides is 3. The molecule has 1 fully saturated rings. The lowest BCUT2D eigenvalue weighted by Gasteiger charge is -2.19. The molecule has 0 aliphatic carbocycles. The van der Waals surface area contributed by atoms with Crippen molar-refractivity contribution >= 4 is 17.5 Å². The number of benzene rings is 2. The molecule has 144 valence electrons. The monoisotopic (exact) mass is 396 g/mol. The minimum absolute atomic E-state index is 0.0908. The Morgan fingerprint density at radius 2 is 1.89 bits per heavy atom. The van der Waals surface area contributed by atoms with Crippen LogP contribution < -0.4 is 10.6 Å². The van der Waals surface area contributed by atoms with Crippen molar-refractivity contribution in [3.05, 3.63) is 70.2 Å². The maximum Gasteiger partial charge on any atom is 0.416 e. The van der Waals surface area contributed by atoms with Crippen LogP contribution in [0.2, 0.25) is 5.02 Å². The van der Waals surface area contributed by atoms with E-state index >= 15 is 0 Å². The molecule has 0 spiro atoms. The van der Waals surface area contributed by atoms with E-state index in [9.17, 15) is 18.0 Å². The second-order valence-electron chi connectivity index (χ2n) is 6.66. The highest BCUT2D eigenvalue weighted by molar-refractivity contribution is 6.30. The van der Waals surface area contributed by atoms with E-state index < -0.39 is 11.7 Å². The fourth-order valence-electron chi connectivity index (χ4n) is 3.38. The molecular weight excluding hydrogens is 377 g/mol. The van der Waals surface area contributed by atoms with E-state index in [-0.39, 0.29) is 17.7 Å². The average molecular weight is 397 g/mol. The van der Waals surface area contributed by atoms with Gasteiger partial charge in [0.05, 0.1) is 11.5 Å². The quantitative estimate of drug-likeness (QED) is 0.801. The van der Waals surface area contributed by atoms with Crippen molar-refractivity contribution in [2.75, 3.05) is 19.6 Å². The Morgan fingerprint density at radius 1 is 1.15 bits per heavy atom. The Kier molecular flexibility index (Phi) is 6.07. The van der Waals surface area contributed by atoms with Crippen LogP contribution in [0.4, 0.5) is 13.2 Å². The summed E-state index contributed by atoms with van der Waals surface area (Å²) in [5.74, 6) is -0.536. The van der Waals surface area contributed by atoms with Crippen molar-refractivity contribution < 1.29 is 18.0 Å². The molecule has 3 rings (SSSR count). The maximum atomic E-state index is 12.7. The summed E-state index contributed by atoms with van der Waals surface area (Å²) < 4.78 is 38.2. The highest BCUT2D eigenvalue weighted by atomic mass is 35.5. The zero-order valence-electron chi connectivity index (χ0n) is 14.5. The number of nitrogens with one attached hydrogen (secondary N) is 2. The molecule has 0 radical (unpaired) electrons. The summed E-state index contributed by atoms with van der Waals surface area (Å²) in [5.41, 5.74) is 1.09. The lowest BCUT2D eigenvalue weighted by atomic mass is 9.88. The van der Waals surface area contributed by atoms with Crippen LogP contribution in [0.3, 0.4) is 0 Å². The van der Waals surface area contributed by atoms with E-state index in [1.54, 1.807) is 6.07 Å². The molecule has 7 heteroatoms. The topological polar surface area (TPSA) is 41.1 Å². The zero-order valence-corrected chi connectivity index (χ0v) is 15.3. The first kappa shape index (κ1) is 19.7. The molecule has 2 aromatic carbocycles. The van der Waals surface area contributed by atoms with Crippen LogP contribution in [0.1, 0.15) is 22.6 Å². The van der Waals surface area contributed by atoms with E-state index in [1.165, 1.54) is 12.1 Å². The van der Waals surface area contributed by atoms with Crippen molar-refractivity contribution in [1.29, 1.82) is 0 Å². The average Bonchev–Trinajstić information content (AvgIpc) is 3.11. The molecule has 0 unspecified atom stereocenters. The van der Waals surface area contributed by atoms with Gasteiger partial charge in [0, 0.05) is 30.6 Å². The summed E-state index contributed by atoms with van der Waals surface area (Å²) in [6, 6.07) is 12.5. The fourth-order valence-corrected chi connectivity index (χ4v) is 3.59. The van der Waals surface area contributed by atoms with Gasteiger partial charge >= 0.3 is 6.18 Å². The van der Waals surface area contributed by atoms with Gasteiger partial charge in [0.15, 0.2) is 0 Å². The van der Waals surface area contributed by atoms with Crippen molar-refractivity contribution in [2.24, 2.45) is 5.92 Å². The van der Waals surface area contributed by atoms with Crippen LogP contribution in [0, 0.1) is 5.92 Å². The Bertz CT molecular complexity index is 793. The molecule has 1 aliphatic heterocycles. The number of rotatable bonds is 5. The summed E-state index contributed by atoms with van der Waals surface area (Å²) >= 11 is 5.95. The van der Waals surface area contributed by atoms with Crippen molar-refractivity contribution in [2.45, 2.75) is 18.5 Å². The number of carbonyl (C=O) groups is 1. The molecule has 0 bridgehead atoms. The summed E-state index contributed by atoms with van der Waals surface area (Å²) in [4.78, 5) is 12.6. The third-order valence-corrected chi connectivity index (χ3v) is 5.05. The van der Waals surface area contributed by atoms with E-state index in [0.717, 1.165) is 23.3 Å². The number of hydrogen-bond donors (Lipinski definition) is 2. The molecule has 2 N–H and O–H groups in total. The van der Waals surface area contributed by atoms with Gasteiger partial charge in [0.1, 0.15) is 0 Å². The lowest BCUT2D eigenvalue weighted by Crippen LogP contribution is -2.35. The normalized spacial score (nSPS) is 19.9. The number of hydrogen-bond acceptors (Lipinski definition) is 2. The van der Waals surface area contributed by atoms with Crippen molar-refractivity contribution in [3.63, 3.8) is 0 Å². The van der Waals surface area contributed by atoms with Gasteiger partial charge in [-0.05, 0) is 41.8 Å². The van der Waals surface area contributed by atoms with E-state index in [2.05, 4.69) is 10.6 Å². The van der Waals surface area contributed by atoms with Gasteiger partial charge in [0.25, 0.3) is 0 Å². The summed E-state index contributed by atoms with van der Waals surface area (Å²) in [6.45, 7) is 1.56. The molecule has 1 aliphatic rings. The number of carbonyl (C=O) groups excluding carboxylic acids is 1. The summed E-state index contributed by atoms with van der Waals surface area (Å²) in [5, 5.41) is 6.74. The van der Waals surface area contributed by atoms with Crippen LogP contribution in [0.5, 0.6) is 0 Å². The zero-order chi connectivity index (χ0) is 19.4. The fraction of sp³-hybridized carbons (Fsp3) is 0.350.